The molecule has 2 N–H and O–H groups in total. The van der Waals surface area contributed by atoms with Gasteiger partial charge in [0.2, 0.25) is 0 Å². The third-order valence-electron chi connectivity index (χ3n) is 2.72. The number of hydrogen-bond donors (Lipinski definition) is 1. The average molecular weight is 351 g/mol. The van der Waals surface area contributed by atoms with Crippen LogP contribution in [0.1, 0.15) is 10.4 Å². The van der Waals surface area contributed by atoms with Gasteiger partial charge >= 0.3 is 0 Å². The first-order valence-electron chi connectivity index (χ1n) is 6.02. The minimum Gasteiger partial charge on any atom is -0.398 e. The van der Waals surface area contributed by atoms with Crippen molar-refractivity contribution in [1.29, 1.82) is 0 Å². The van der Waals surface area contributed by atoms with E-state index in [9.17, 15) is 4.79 Å². The van der Waals surface area contributed by atoms with Crippen LogP contribution in [0.25, 0.3) is 0 Å². The van der Waals surface area contributed by atoms with Crippen molar-refractivity contribution in [3.8, 4) is 0 Å². The molecular formula is C15H15BrN2OS. The molecule has 0 atom stereocenters. The lowest BCUT2D eigenvalue weighted by atomic mass is 10.2. The molecule has 5 heteroatoms. The van der Waals surface area contributed by atoms with Crippen molar-refractivity contribution in [1.82, 2.24) is 4.90 Å². The molecule has 0 bridgehead atoms. The molecule has 0 aliphatic rings. The van der Waals surface area contributed by atoms with Gasteiger partial charge in [0.05, 0.1) is 0 Å². The van der Waals surface area contributed by atoms with Crippen molar-refractivity contribution >= 4 is 39.3 Å². The largest absolute Gasteiger partial charge is 0.398 e. The highest BCUT2D eigenvalue weighted by Crippen LogP contribution is 2.36. The van der Waals surface area contributed by atoms with Gasteiger partial charge in [-0.1, -0.05) is 23.9 Å². The van der Waals surface area contributed by atoms with Crippen LogP contribution in [0.4, 0.5) is 5.69 Å². The molecule has 0 saturated heterocycles. The van der Waals surface area contributed by atoms with Gasteiger partial charge in [-0.2, -0.15) is 0 Å². The molecule has 2 aromatic rings. The lowest BCUT2D eigenvalue weighted by Gasteiger charge is -2.12. The number of halogens is 1. The Bertz CT molecular complexity index is 644. The molecule has 0 spiro atoms. The van der Waals surface area contributed by atoms with Crippen molar-refractivity contribution in [2.45, 2.75) is 9.79 Å². The fourth-order valence-electron chi connectivity index (χ4n) is 1.68. The zero-order valence-electron chi connectivity index (χ0n) is 11.3. The smallest absolute Gasteiger partial charge is 0.253 e. The van der Waals surface area contributed by atoms with Gasteiger partial charge in [-0.15, -0.1) is 0 Å². The number of hydrogen-bond acceptors (Lipinski definition) is 3. The molecule has 0 radical (unpaired) electrons. The lowest BCUT2D eigenvalue weighted by Crippen LogP contribution is -2.21. The second-order valence-electron chi connectivity index (χ2n) is 4.48. The van der Waals surface area contributed by atoms with E-state index in [0.717, 1.165) is 14.3 Å². The fraction of sp³-hybridized carbons (Fsp3) is 0.133. The van der Waals surface area contributed by atoms with Crippen LogP contribution in [-0.4, -0.2) is 24.9 Å². The molecule has 0 saturated carbocycles. The maximum atomic E-state index is 11.9. The van der Waals surface area contributed by atoms with Crippen molar-refractivity contribution in [3.63, 3.8) is 0 Å². The molecule has 0 aliphatic heterocycles. The average Bonchev–Trinajstić information content (AvgIpc) is 2.42. The minimum absolute atomic E-state index is 0.0471. The van der Waals surface area contributed by atoms with E-state index in [1.165, 1.54) is 4.90 Å². The van der Waals surface area contributed by atoms with E-state index in [2.05, 4.69) is 15.9 Å². The molecule has 104 valence electrons. The summed E-state index contributed by atoms with van der Waals surface area (Å²) in [5, 5.41) is 0. The Morgan fingerprint density at radius 3 is 2.45 bits per heavy atom. The van der Waals surface area contributed by atoms with Crippen molar-refractivity contribution < 1.29 is 4.79 Å². The molecule has 0 fully saturated rings. The monoisotopic (exact) mass is 350 g/mol. The fourth-order valence-corrected chi connectivity index (χ4v) is 3.07. The van der Waals surface area contributed by atoms with Crippen LogP contribution in [0.15, 0.2) is 56.7 Å². The standard InChI is InChI=1S/C15H15BrN2OS/c1-18(2)15(19)10-7-8-14(12(17)9-10)20-13-6-4-3-5-11(13)16/h3-9H,17H2,1-2H3. The lowest BCUT2D eigenvalue weighted by molar-refractivity contribution is 0.0827. The number of amides is 1. The second kappa shape index (κ2) is 6.33. The number of nitrogens with zero attached hydrogens (tertiary/aromatic N) is 1. The van der Waals surface area contributed by atoms with E-state index in [4.69, 9.17) is 5.73 Å². The summed E-state index contributed by atoms with van der Waals surface area (Å²) in [6, 6.07) is 13.4. The Kier molecular flexibility index (Phi) is 4.73. The number of benzene rings is 2. The molecular weight excluding hydrogens is 336 g/mol. The zero-order chi connectivity index (χ0) is 14.7. The number of carbonyl (C=O) groups excluding carboxylic acids is 1. The molecule has 2 aromatic carbocycles. The minimum atomic E-state index is -0.0471. The summed E-state index contributed by atoms with van der Waals surface area (Å²) in [6.45, 7) is 0. The predicted molar refractivity (Wildman–Crippen MR) is 87.1 cm³/mol. The third kappa shape index (κ3) is 3.35. The van der Waals surface area contributed by atoms with Crippen molar-refractivity contribution in [2.24, 2.45) is 0 Å². The highest BCUT2D eigenvalue weighted by molar-refractivity contribution is 9.10. The Labute approximate surface area is 131 Å². The van der Waals surface area contributed by atoms with Crippen LogP contribution in [-0.2, 0) is 0 Å². The van der Waals surface area contributed by atoms with E-state index in [0.29, 0.717) is 11.3 Å². The van der Waals surface area contributed by atoms with Crippen molar-refractivity contribution in [3.05, 3.63) is 52.5 Å². The van der Waals surface area contributed by atoms with Gasteiger partial charge in [0.15, 0.2) is 0 Å². The molecule has 0 aromatic heterocycles. The summed E-state index contributed by atoms with van der Waals surface area (Å²) in [7, 11) is 3.45. The van der Waals surface area contributed by atoms with E-state index in [1.807, 2.05) is 30.3 Å². The van der Waals surface area contributed by atoms with Crippen LogP contribution in [0.3, 0.4) is 0 Å². The molecule has 2 rings (SSSR count). The first-order valence-corrected chi connectivity index (χ1v) is 7.63. The molecule has 0 unspecified atom stereocenters. The van der Waals surface area contributed by atoms with Gasteiger partial charge in [-0.3, -0.25) is 4.79 Å². The van der Waals surface area contributed by atoms with E-state index in [1.54, 1.807) is 38.0 Å². The Balaban J connectivity index is 2.27. The highest BCUT2D eigenvalue weighted by Gasteiger charge is 2.11. The Morgan fingerprint density at radius 1 is 1.15 bits per heavy atom. The summed E-state index contributed by atoms with van der Waals surface area (Å²) in [5.74, 6) is -0.0471. The summed E-state index contributed by atoms with van der Waals surface area (Å²) in [5.41, 5.74) is 7.26. The maximum Gasteiger partial charge on any atom is 0.253 e. The molecule has 1 amide bonds. The number of nitrogen functional groups attached to an aromatic ring is 1. The second-order valence-corrected chi connectivity index (χ2v) is 6.42. The predicted octanol–water partition coefficient (Wildman–Crippen LogP) is 3.88. The molecule has 20 heavy (non-hydrogen) atoms. The van der Waals surface area contributed by atoms with Gasteiger partial charge in [-0.05, 0) is 46.3 Å². The molecule has 3 nitrogen and oxygen atoms in total. The van der Waals surface area contributed by atoms with Gasteiger partial charge in [0.1, 0.15) is 0 Å². The third-order valence-corrected chi connectivity index (χ3v) is 4.84. The van der Waals surface area contributed by atoms with Crippen LogP contribution < -0.4 is 5.73 Å². The quantitative estimate of drug-likeness (QED) is 0.854. The Morgan fingerprint density at radius 2 is 1.85 bits per heavy atom. The topological polar surface area (TPSA) is 46.3 Å². The van der Waals surface area contributed by atoms with E-state index < -0.39 is 0 Å². The number of rotatable bonds is 3. The van der Waals surface area contributed by atoms with E-state index >= 15 is 0 Å². The number of carbonyl (C=O) groups is 1. The first-order chi connectivity index (χ1) is 9.49. The Hall–Kier alpha value is -1.46. The normalized spacial score (nSPS) is 10.3. The zero-order valence-corrected chi connectivity index (χ0v) is 13.7. The van der Waals surface area contributed by atoms with Crippen LogP contribution >= 0.6 is 27.7 Å². The summed E-state index contributed by atoms with van der Waals surface area (Å²) >= 11 is 5.09. The SMILES string of the molecule is CN(C)C(=O)c1ccc(Sc2ccccc2Br)c(N)c1. The van der Waals surface area contributed by atoms with Gasteiger partial charge < -0.3 is 10.6 Å². The van der Waals surface area contributed by atoms with Gasteiger partial charge in [-0.25, -0.2) is 0 Å². The van der Waals surface area contributed by atoms with Crippen LogP contribution in [0, 0.1) is 0 Å². The van der Waals surface area contributed by atoms with Crippen molar-refractivity contribution in [2.75, 3.05) is 19.8 Å². The molecule has 0 aliphatic carbocycles. The maximum absolute atomic E-state index is 11.9. The molecule has 0 heterocycles. The van der Waals surface area contributed by atoms with Gasteiger partial charge in [0.25, 0.3) is 5.91 Å². The van der Waals surface area contributed by atoms with Crippen LogP contribution in [0.5, 0.6) is 0 Å². The van der Waals surface area contributed by atoms with Gasteiger partial charge in [0, 0.05) is 39.6 Å². The van der Waals surface area contributed by atoms with Crippen LogP contribution in [0.2, 0.25) is 0 Å². The highest BCUT2D eigenvalue weighted by atomic mass is 79.9. The summed E-state index contributed by atoms with van der Waals surface area (Å²) in [6.07, 6.45) is 0. The first kappa shape index (κ1) is 14.9. The number of anilines is 1. The van der Waals surface area contributed by atoms with E-state index in [-0.39, 0.29) is 5.91 Å². The summed E-state index contributed by atoms with van der Waals surface area (Å²) < 4.78 is 1.03. The summed E-state index contributed by atoms with van der Waals surface area (Å²) in [4.78, 5) is 15.4. The number of nitrogens with two attached hydrogens (primary N) is 1.